The van der Waals surface area contributed by atoms with Gasteiger partial charge < -0.3 is 5.32 Å². The Morgan fingerprint density at radius 1 is 1.37 bits per heavy atom. The van der Waals surface area contributed by atoms with Crippen LogP contribution in [0.4, 0.5) is 18.9 Å². The van der Waals surface area contributed by atoms with E-state index in [9.17, 15) is 13.2 Å². The van der Waals surface area contributed by atoms with Gasteiger partial charge in [-0.25, -0.2) is 0 Å². The van der Waals surface area contributed by atoms with Gasteiger partial charge in [-0.2, -0.15) is 13.2 Å². The SMILES string of the molecule is Cn1nncc1CNc1c(Cl)cccc1C(F)(F)F. The van der Waals surface area contributed by atoms with Crippen LogP contribution in [0.25, 0.3) is 0 Å². The quantitative estimate of drug-likeness (QED) is 0.944. The van der Waals surface area contributed by atoms with Gasteiger partial charge in [-0.3, -0.25) is 4.68 Å². The summed E-state index contributed by atoms with van der Waals surface area (Å²) >= 11 is 5.81. The van der Waals surface area contributed by atoms with Crippen LogP contribution in [0.5, 0.6) is 0 Å². The largest absolute Gasteiger partial charge is 0.418 e. The van der Waals surface area contributed by atoms with Gasteiger partial charge in [0.05, 0.1) is 34.7 Å². The maximum absolute atomic E-state index is 12.8. The molecule has 1 heterocycles. The Bertz CT molecular complexity index is 580. The second kappa shape index (κ2) is 5.08. The highest BCUT2D eigenvalue weighted by Gasteiger charge is 2.34. The van der Waals surface area contributed by atoms with E-state index in [2.05, 4.69) is 15.6 Å². The van der Waals surface area contributed by atoms with Crippen LogP contribution < -0.4 is 5.32 Å². The molecule has 0 unspecified atom stereocenters. The van der Waals surface area contributed by atoms with Crippen molar-refractivity contribution in [3.8, 4) is 0 Å². The first kappa shape index (κ1) is 13.7. The summed E-state index contributed by atoms with van der Waals surface area (Å²) in [6.45, 7) is 0.149. The molecule has 0 aliphatic rings. The molecular formula is C11H10ClF3N4. The van der Waals surface area contributed by atoms with Gasteiger partial charge >= 0.3 is 6.18 Å². The molecule has 0 aliphatic carbocycles. The van der Waals surface area contributed by atoms with Crippen LogP contribution >= 0.6 is 11.6 Å². The first-order valence-electron chi connectivity index (χ1n) is 5.32. The first-order chi connectivity index (χ1) is 8.89. The molecule has 0 aliphatic heterocycles. The number of nitrogens with one attached hydrogen (secondary N) is 1. The zero-order valence-corrected chi connectivity index (χ0v) is 10.6. The van der Waals surface area contributed by atoms with Gasteiger partial charge in [-0.05, 0) is 12.1 Å². The number of aromatic nitrogens is 3. The summed E-state index contributed by atoms with van der Waals surface area (Å²) in [4.78, 5) is 0. The van der Waals surface area contributed by atoms with E-state index < -0.39 is 11.7 Å². The van der Waals surface area contributed by atoms with E-state index in [-0.39, 0.29) is 17.3 Å². The molecule has 1 N–H and O–H groups in total. The molecule has 0 saturated carbocycles. The molecular weight excluding hydrogens is 281 g/mol. The standard InChI is InChI=1S/C11H10ClF3N4/c1-19-7(6-17-18-19)5-16-10-8(11(13,14)15)3-2-4-9(10)12/h2-4,6,16H,5H2,1H3. The number of para-hydroxylation sites is 1. The van der Waals surface area contributed by atoms with Gasteiger partial charge in [0, 0.05) is 7.05 Å². The van der Waals surface area contributed by atoms with Crippen LogP contribution in [0.1, 0.15) is 11.3 Å². The molecule has 0 amide bonds. The third-order valence-electron chi connectivity index (χ3n) is 2.57. The lowest BCUT2D eigenvalue weighted by Crippen LogP contribution is -2.12. The first-order valence-corrected chi connectivity index (χ1v) is 5.70. The second-order valence-electron chi connectivity index (χ2n) is 3.86. The topological polar surface area (TPSA) is 42.7 Å². The number of hydrogen-bond donors (Lipinski definition) is 1. The Kier molecular flexibility index (Phi) is 3.66. The highest BCUT2D eigenvalue weighted by atomic mass is 35.5. The van der Waals surface area contributed by atoms with Crippen molar-refractivity contribution in [1.29, 1.82) is 0 Å². The molecule has 8 heteroatoms. The number of anilines is 1. The van der Waals surface area contributed by atoms with Crippen molar-refractivity contribution >= 4 is 17.3 Å². The van der Waals surface area contributed by atoms with Crippen molar-refractivity contribution < 1.29 is 13.2 Å². The number of nitrogens with zero attached hydrogens (tertiary/aromatic N) is 3. The lowest BCUT2D eigenvalue weighted by Gasteiger charge is -2.15. The zero-order chi connectivity index (χ0) is 14.0. The fourth-order valence-electron chi connectivity index (χ4n) is 1.59. The fourth-order valence-corrected chi connectivity index (χ4v) is 1.83. The summed E-state index contributed by atoms with van der Waals surface area (Å²) < 4.78 is 40.0. The van der Waals surface area contributed by atoms with Crippen molar-refractivity contribution in [3.63, 3.8) is 0 Å². The summed E-state index contributed by atoms with van der Waals surface area (Å²) in [6, 6.07) is 3.65. The predicted molar refractivity (Wildman–Crippen MR) is 64.8 cm³/mol. The third-order valence-corrected chi connectivity index (χ3v) is 2.89. The average Bonchev–Trinajstić information content (AvgIpc) is 2.72. The normalized spacial score (nSPS) is 11.6. The molecule has 0 spiro atoms. The molecule has 1 aromatic heterocycles. The smallest absolute Gasteiger partial charge is 0.378 e. The van der Waals surface area contributed by atoms with Gasteiger partial charge in [-0.1, -0.05) is 22.9 Å². The summed E-state index contributed by atoms with van der Waals surface area (Å²) in [6.07, 6.45) is -2.99. The Morgan fingerprint density at radius 2 is 2.11 bits per heavy atom. The van der Waals surface area contributed by atoms with E-state index in [4.69, 9.17) is 11.6 Å². The summed E-state index contributed by atoms with van der Waals surface area (Å²) in [5.41, 5.74) is -0.291. The maximum atomic E-state index is 12.8. The van der Waals surface area contributed by atoms with E-state index in [0.717, 1.165) is 6.07 Å². The van der Waals surface area contributed by atoms with Crippen molar-refractivity contribution in [2.45, 2.75) is 12.7 Å². The number of halogens is 4. The summed E-state index contributed by atoms with van der Waals surface area (Å²) in [5.74, 6) is 0. The predicted octanol–water partition coefficient (Wildman–Crippen LogP) is 3.10. The number of aryl methyl sites for hydroxylation is 1. The van der Waals surface area contributed by atoms with Crippen LogP contribution in [-0.2, 0) is 19.8 Å². The molecule has 0 bridgehead atoms. The Morgan fingerprint density at radius 3 is 2.68 bits per heavy atom. The van der Waals surface area contributed by atoms with Gasteiger partial charge in [0.2, 0.25) is 0 Å². The average molecular weight is 291 g/mol. The minimum atomic E-state index is -4.46. The van der Waals surface area contributed by atoms with Gasteiger partial charge in [0.1, 0.15) is 0 Å². The zero-order valence-electron chi connectivity index (χ0n) is 9.87. The van der Waals surface area contributed by atoms with Gasteiger partial charge in [0.15, 0.2) is 0 Å². The van der Waals surface area contributed by atoms with Gasteiger partial charge in [0.25, 0.3) is 0 Å². The Hall–Kier alpha value is -1.76. The molecule has 2 rings (SSSR count). The molecule has 1 aromatic carbocycles. The minimum absolute atomic E-state index is 0.0185. The van der Waals surface area contributed by atoms with Crippen LogP contribution in [0.15, 0.2) is 24.4 Å². The number of alkyl halides is 3. The fraction of sp³-hybridized carbons (Fsp3) is 0.273. The minimum Gasteiger partial charge on any atom is -0.378 e. The van der Waals surface area contributed by atoms with E-state index in [1.165, 1.54) is 23.0 Å². The molecule has 102 valence electrons. The maximum Gasteiger partial charge on any atom is 0.418 e. The molecule has 2 aromatic rings. The highest BCUT2D eigenvalue weighted by Crippen LogP contribution is 2.38. The number of rotatable bonds is 3. The Labute approximate surface area is 112 Å². The molecule has 0 atom stereocenters. The summed E-state index contributed by atoms with van der Waals surface area (Å²) in [5, 5.41) is 10.0. The lowest BCUT2D eigenvalue weighted by atomic mass is 10.1. The molecule has 19 heavy (non-hydrogen) atoms. The molecule has 4 nitrogen and oxygen atoms in total. The molecule has 0 saturated heterocycles. The monoisotopic (exact) mass is 290 g/mol. The van der Waals surface area contributed by atoms with Crippen LogP contribution in [0.3, 0.4) is 0 Å². The van der Waals surface area contributed by atoms with Crippen molar-refractivity contribution in [2.24, 2.45) is 7.05 Å². The lowest BCUT2D eigenvalue weighted by molar-refractivity contribution is -0.136. The molecule has 0 radical (unpaired) electrons. The third kappa shape index (κ3) is 2.98. The number of benzene rings is 1. The summed E-state index contributed by atoms with van der Waals surface area (Å²) in [7, 11) is 1.65. The van der Waals surface area contributed by atoms with Gasteiger partial charge in [-0.15, -0.1) is 5.10 Å². The molecule has 0 fully saturated rings. The van der Waals surface area contributed by atoms with Crippen molar-refractivity contribution in [1.82, 2.24) is 15.0 Å². The van der Waals surface area contributed by atoms with Crippen LogP contribution in [-0.4, -0.2) is 15.0 Å². The van der Waals surface area contributed by atoms with Crippen LogP contribution in [0, 0.1) is 0 Å². The number of hydrogen-bond acceptors (Lipinski definition) is 3. The second-order valence-corrected chi connectivity index (χ2v) is 4.27. The van der Waals surface area contributed by atoms with E-state index in [1.54, 1.807) is 7.05 Å². The van der Waals surface area contributed by atoms with E-state index in [1.807, 2.05) is 0 Å². The van der Waals surface area contributed by atoms with E-state index >= 15 is 0 Å². The Balaban J connectivity index is 2.27. The van der Waals surface area contributed by atoms with E-state index in [0.29, 0.717) is 5.69 Å². The van der Waals surface area contributed by atoms with Crippen molar-refractivity contribution in [3.05, 3.63) is 40.7 Å². The van der Waals surface area contributed by atoms with Crippen LogP contribution in [0.2, 0.25) is 5.02 Å². The highest BCUT2D eigenvalue weighted by molar-refractivity contribution is 6.33. The van der Waals surface area contributed by atoms with Crippen molar-refractivity contribution in [2.75, 3.05) is 5.32 Å².